The Bertz CT molecular complexity index is 570. The van der Waals surface area contributed by atoms with Crippen LogP contribution in [0.3, 0.4) is 0 Å². The van der Waals surface area contributed by atoms with Gasteiger partial charge < -0.3 is 15.2 Å². The van der Waals surface area contributed by atoms with Crippen molar-refractivity contribution >= 4 is 0 Å². The summed E-state index contributed by atoms with van der Waals surface area (Å²) in [5, 5.41) is 12.7. The Hall–Kier alpha value is -1.91. The molecule has 4 heteroatoms. The largest absolute Gasteiger partial charge is 0.478 e. The average Bonchev–Trinajstić information content (AvgIpc) is 2.58. The number of aliphatic hydroxyl groups excluding tert-OH is 1. The van der Waals surface area contributed by atoms with Gasteiger partial charge in [-0.15, -0.1) is 0 Å². The lowest BCUT2D eigenvalue weighted by molar-refractivity contribution is 0.281. The lowest BCUT2D eigenvalue weighted by Crippen LogP contribution is -2.18. The maximum absolute atomic E-state index is 9.20. The third-order valence-electron chi connectivity index (χ3n) is 3.50. The van der Waals surface area contributed by atoms with Gasteiger partial charge in [-0.2, -0.15) is 0 Å². The molecule has 4 nitrogen and oxygen atoms in total. The summed E-state index contributed by atoms with van der Waals surface area (Å²) in [5.41, 5.74) is 3.22. The summed E-state index contributed by atoms with van der Waals surface area (Å²) in [6.45, 7) is 5.70. The summed E-state index contributed by atoms with van der Waals surface area (Å²) >= 11 is 0. The first kappa shape index (κ1) is 16.5. The molecule has 2 aromatic rings. The van der Waals surface area contributed by atoms with E-state index in [0.29, 0.717) is 12.5 Å². The maximum atomic E-state index is 9.20. The van der Waals surface area contributed by atoms with Gasteiger partial charge in [0.25, 0.3) is 0 Å². The molecule has 0 fully saturated rings. The summed E-state index contributed by atoms with van der Waals surface area (Å²) in [6, 6.07) is 12.1. The van der Waals surface area contributed by atoms with Crippen LogP contribution in [0.5, 0.6) is 5.88 Å². The van der Waals surface area contributed by atoms with Crippen LogP contribution < -0.4 is 10.1 Å². The van der Waals surface area contributed by atoms with Gasteiger partial charge in [0.15, 0.2) is 0 Å². The first-order valence-corrected chi connectivity index (χ1v) is 7.73. The number of hydrogen-bond donors (Lipinski definition) is 2. The SMILES string of the molecule is CCCOc1ccc(CNC(C)c2cccc(CO)c2)cn1. The molecule has 0 saturated heterocycles. The molecule has 1 heterocycles. The number of nitrogens with one attached hydrogen (secondary N) is 1. The number of hydrogen-bond acceptors (Lipinski definition) is 4. The molecule has 0 aliphatic heterocycles. The predicted molar refractivity (Wildman–Crippen MR) is 87.6 cm³/mol. The molecule has 0 aliphatic rings. The predicted octanol–water partition coefficient (Wildman–Crippen LogP) is 3.21. The Morgan fingerprint density at radius 1 is 1.23 bits per heavy atom. The number of benzene rings is 1. The summed E-state index contributed by atoms with van der Waals surface area (Å²) < 4.78 is 5.48. The minimum Gasteiger partial charge on any atom is -0.478 e. The van der Waals surface area contributed by atoms with Crippen LogP contribution in [0.2, 0.25) is 0 Å². The number of ether oxygens (including phenoxy) is 1. The second kappa shape index (κ2) is 8.51. The Balaban J connectivity index is 1.88. The van der Waals surface area contributed by atoms with Crippen molar-refractivity contribution in [2.24, 2.45) is 0 Å². The van der Waals surface area contributed by atoms with Crippen molar-refractivity contribution in [2.75, 3.05) is 6.61 Å². The Kier molecular flexibility index (Phi) is 6.37. The zero-order chi connectivity index (χ0) is 15.8. The van der Waals surface area contributed by atoms with Crippen LogP contribution in [-0.2, 0) is 13.2 Å². The molecular formula is C18H24N2O2. The Morgan fingerprint density at radius 3 is 2.77 bits per heavy atom. The first-order chi connectivity index (χ1) is 10.7. The number of aliphatic hydroxyl groups is 1. The van der Waals surface area contributed by atoms with E-state index in [4.69, 9.17) is 4.74 Å². The molecule has 2 N–H and O–H groups in total. The number of nitrogens with zero attached hydrogens (tertiary/aromatic N) is 1. The van der Waals surface area contributed by atoms with E-state index in [1.54, 1.807) is 0 Å². The van der Waals surface area contributed by atoms with Gasteiger partial charge in [-0.05, 0) is 30.0 Å². The minimum atomic E-state index is 0.0731. The third-order valence-corrected chi connectivity index (χ3v) is 3.50. The molecule has 0 aliphatic carbocycles. The Morgan fingerprint density at radius 2 is 2.09 bits per heavy atom. The third kappa shape index (κ3) is 4.83. The summed E-state index contributed by atoms with van der Waals surface area (Å²) in [5.74, 6) is 0.675. The zero-order valence-electron chi connectivity index (χ0n) is 13.2. The average molecular weight is 300 g/mol. The van der Waals surface area contributed by atoms with Crippen molar-refractivity contribution in [3.05, 3.63) is 59.3 Å². The second-order valence-electron chi connectivity index (χ2n) is 5.36. The van der Waals surface area contributed by atoms with Gasteiger partial charge in [-0.1, -0.05) is 37.3 Å². The summed E-state index contributed by atoms with van der Waals surface area (Å²) in [7, 11) is 0. The van der Waals surface area contributed by atoms with Crippen LogP contribution in [0.15, 0.2) is 42.6 Å². The highest BCUT2D eigenvalue weighted by Gasteiger charge is 2.06. The van der Waals surface area contributed by atoms with Crippen molar-refractivity contribution in [3.8, 4) is 5.88 Å². The molecule has 1 atom stereocenters. The van der Waals surface area contributed by atoms with Gasteiger partial charge in [-0.3, -0.25) is 0 Å². The van der Waals surface area contributed by atoms with E-state index < -0.39 is 0 Å². The highest BCUT2D eigenvalue weighted by atomic mass is 16.5. The van der Waals surface area contributed by atoms with Gasteiger partial charge in [0.2, 0.25) is 5.88 Å². The van der Waals surface area contributed by atoms with Crippen LogP contribution in [0.4, 0.5) is 0 Å². The quantitative estimate of drug-likeness (QED) is 0.786. The van der Waals surface area contributed by atoms with E-state index in [1.165, 1.54) is 5.56 Å². The number of rotatable bonds is 8. The minimum absolute atomic E-state index is 0.0731. The van der Waals surface area contributed by atoms with Crippen molar-refractivity contribution < 1.29 is 9.84 Å². The molecule has 1 unspecified atom stereocenters. The second-order valence-corrected chi connectivity index (χ2v) is 5.36. The van der Waals surface area contributed by atoms with Crippen molar-refractivity contribution in [2.45, 2.75) is 39.5 Å². The van der Waals surface area contributed by atoms with E-state index in [9.17, 15) is 5.11 Å². The normalized spacial score (nSPS) is 12.1. The highest BCUT2D eigenvalue weighted by Crippen LogP contribution is 2.15. The van der Waals surface area contributed by atoms with Gasteiger partial charge in [0, 0.05) is 24.8 Å². The molecule has 1 aromatic heterocycles. The smallest absolute Gasteiger partial charge is 0.213 e. The fraction of sp³-hybridized carbons (Fsp3) is 0.389. The van der Waals surface area contributed by atoms with Gasteiger partial charge in [0.05, 0.1) is 13.2 Å². The maximum Gasteiger partial charge on any atom is 0.213 e. The van der Waals surface area contributed by atoms with E-state index in [-0.39, 0.29) is 12.6 Å². The standard InChI is InChI=1S/C18H24N2O2/c1-3-9-22-18-8-7-16(12-20-18)11-19-14(2)17-6-4-5-15(10-17)13-21/h4-8,10,12,14,19,21H,3,9,11,13H2,1-2H3. The number of aromatic nitrogens is 1. The van der Waals surface area contributed by atoms with Crippen LogP contribution >= 0.6 is 0 Å². The molecule has 22 heavy (non-hydrogen) atoms. The first-order valence-electron chi connectivity index (χ1n) is 7.73. The lowest BCUT2D eigenvalue weighted by Gasteiger charge is -2.15. The lowest BCUT2D eigenvalue weighted by atomic mass is 10.1. The van der Waals surface area contributed by atoms with Crippen molar-refractivity contribution in [3.63, 3.8) is 0 Å². The zero-order valence-corrected chi connectivity index (χ0v) is 13.2. The molecule has 0 saturated carbocycles. The molecule has 0 bridgehead atoms. The monoisotopic (exact) mass is 300 g/mol. The van der Waals surface area contributed by atoms with E-state index in [1.807, 2.05) is 36.5 Å². The Labute approximate surface area is 132 Å². The van der Waals surface area contributed by atoms with E-state index in [2.05, 4.69) is 30.2 Å². The van der Waals surface area contributed by atoms with Crippen molar-refractivity contribution in [1.82, 2.24) is 10.3 Å². The highest BCUT2D eigenvalue weighted by molar-refractivity contribution is 5.25. The molecule has 0 radical (unpaired) electrons. The molecule has 0 amide bonds. The molecule has 2 rings (SSSR count). The van der Waals surface area contributed by atoms with Crippen LogP contribution in [0.25, 0.3) is 0 Å². The van der Waals surface area contributed by atoms with Gasteiger partial charge in [0.1, 0.15) is 0 Å². The number of pyridine rings is 1. The fourth-order valence-corrected chi connectivity index (χ4v) is 2.16. The molecule has 0 spiro atoms. The summed E-state index contributed by atoms with van der Waals surface area (Å²) in [4.78, 5) is 4.30. The van der Waals surface area contributed by atoms with Crippen molar-refractivity contribution in [1.29, 1.82) is 0 Å². The topological polar surface area (TPSA) is 54.4 Å². The fourth-order valence-electron chi connectivity index (χ4n) is 2.16. The van der Waals surface area contributed by atoms with E-state index in [0.717, 1.165) is 24.1 Å². The molecular weight excluding hydrogens is 276 g/mol. The summed E-state index contributed by atoms with van der Waals surface area (Å²) in [6.07, 6.45) is 2.82. The molecule has 118 valence electrons. The van der Waals surface area contributed by atoms with E-state index >= 15 is 0 Å². The van der Waals surface area contributed by atoms with Crippen LogP contribution in [0.1, 0.15) is 43.0 Å². The molecule has 1 aromatic carbocycles. The van der Waals surface area contributed by atoms with Crippen LogP contribution in [-0.4, -0.2) is 16.7 Å². The van der Waals surface area contributed by atoms with Crippen LogP contribution in [0, 0.1) is 0 Å². The van der Waals surface area contributed by atoms with Gasteiger partial charge >= 0.3 is 0 Å². The van der Waals surface area contributed by atoms with Gasteiger partial charge in [-0.25, -0.2) is 4.98 Å².